The Bertz CT molecular complexity index is 495. The summed E-state index contributed by atoms with van der Waals surface area (Å²) in [6, 6.07) is 5.78. The van der Waals surface area contributed by atoms with E-state index in [1.165, 1.54) is 0 Å². The number of nitrogens with two attached hydrogens (primary N) is 1. The molecule has 0 saturated carbocycles. The third kappa shape index (κ3) is 2.82. The van der Waals surface area contributed by atoms with Crippen molar-refractivity contribution in [2.75, 3.05) is 11.9 Å². The van der Waals surface area contributed by atoms with Crippen molar-refractivity contribution in [3.8, 4) is 0 Å². The standard InChI is InChI=1S/C12H16N4O/c1-9-3-4-10(17-9)8-16(2)12-5-6-14-11(7-13)15-12/h3-6H,7-8,13H2,1-2H3. The van der Waals surface area contributed by atoms with Gasteiger partial charge in [-0.1, -0.05) is 0 Å². The first kappa shape index (κ1) is 11.6. The lowest BCUT2D eigenvalue weighted by Gasteiger charge is -2.16. The monoisotopic (exact) mass is 232 g/mol. The fraction of sp³-hybridized carbons (Fsp3) is 0.333. The number of hydrogen-bond acceptors (Lipinski definition) is 5. The van der Waals surface area contributed by atoms with Gasteiger partial charge < -0.3 is 15.1 Å². The Hall–Kier alpha value is -1.88. The van der Waals surface area contributed by atoms with Crippen molar-refractivity contribution in [1.29, 1.82) is 0 Å². The van der Waals surface area contributed by atoms with Crippen LogP contribution in [0.1, 0.15) is 17.3 Å². The summed E-state index contributed by atoms with van der Waals surface area (Å²) in [5.74, 6) is 3.32. The number of furan rings is 1. The SMILES string of the molecule is Cc1ccc(CN(C)c2ccnc(CN)n2)o1. The van der Waals surface area contributed by atoms with Crippen LogP contribution in [0.15, 0.2) is 28.8 Å². The van der Waals surface area contributed by atoms with Crippen molar-refractivity contribution >= 4 is 5.82 Å². The van der Waals surface area contributed by atoms with E-state index in [0.717, 1.165) is 17.3 Å². The van der Waals surface area contributed by atoms with Gasteiger partial charge in [0, 0.05) is 13.2 Å². The number of aromatic nitrogens is 2. The summed E-state index contributed by atoms with van der Waals surface area (Å²) in [5, 5.41) is 0. The zero-order valence-electron chi connectivity index (χ0n) is 10.1. The molecule has 0 aliphatic rings. The predicted molar refractivity (Wildman–Crippen MR) is 65.5 cm³/mol. The van der Waals surface area contributed by atoms with Crippen LogP contribution in [-0.2, 0) is 13.1 Å². The van der Waals surface area contributed by atoms with E-state index < -0.39 is 0 Å². The van der Waals surface area contributed by atoms with Gasteiger partial charge in [0.25, 0.3) is 0 Å². The Labute approximate surface area is 100 Å². The topological polar surface area (TPSA) is 68.2 Å². The van der Waals surface area contributed by atoms with Gasteiger partial charge in [-0.05, 0) is 25.1 Å². The molecule has 0 saturated heterocycles. The summed E-state index contributed by atoms with van der Waals surface area (Å²) in [6.07, 6.45) is 1.72. The third-order valence-corrected chi connectivity index (χ3v) is 2.45. The molecule has 0 aromatic carbocycles. The number of aryl methyl sites for hydroxylation is 1. The summed E-state index contributed by atoms with van der Waals surface area (Å²) in [4.78, 5) is 10.4. The second kappa shape index (κ2) is 4.97. The first-order chi connectivity index (χ1) is 8.19. The first-order valence-corrected chi connectivity index (χ1v) is 5.47. The van der Waals surface area contributed by atoms with Gasteiger partial charge in [-0.25, -0.2) is 9.97 Å². The Balaban J connectivity index is 2.11. The molecule has 5 nitrogen and oxygen atoms in total. The molecule has 0 amide bonds. The fourth-order valence-corrected chi connectivity index (χ4v) is 1.58. The highest BCUT2D eigenvalue weighted by molar-refractivity contribution is 5.36. The lowest BCUT2D eigenvalue weighted by Crippen LogP contribution is -2.18. The molecular weight excluding hydrogens is 216 g/mol. The van der Waals surface area contributed by atoms with Gasteiger partial charge in [-0.2, -0.15) is 0 Å². The van der Waals surface area contributed by atoms with Crippen molar-refractivity contribution in [1.82, 2.24) is 9.97 Å². The molecule has 90 valence electrons. The highest BCUT2D eigenvalue weighted by Crippen LogP contribution is 2.14. The van der Waals surface area contributed by atoms with E-state index in [9.17, 15) is 0 Å². The van der Waals surface area contributed by atoms with E-state index in [4.69, 9.17) is 10.2 Å². The van der Waals surface area contributed by atoms with Crippen LogP contribution in [0.2, 0.25) is 0 Å². The second-order valence-electron chi connectivity index (χ2n) is 3.90. The van der Waals surface area contributed by atoms with E-state index >= 15 is 0 Å². The number of rotatable bonds is 4. The highest BCUT2D eigenvalue weighted by atomic mass is 16.3. The summed E-state index contributed by atoms with van der Waals surface area (Å²) in [7, 11) is 1.96. The molecule has 0 unspecified atom stereocenters. The van der Waals surface area contributed by atoms with Crippen LogP contribution in [0, 0.1) is 6.92 Å². The normalized spacial score (nSPS) is 10.5. The zero-order valence-corrected chi connectivity index (χ0v) is 10.1. The van der Waals surface area contributed by atoms with Crippen molar-refractivity contribution in [2.45, 2.75) is 20.0 Å². The minimum atomic E-state index is 0.349. The summed E-state index contributed by atoms with van der Waals surface area (Å²) in [6.45, 7) is 2.96. The predicted octanol–water partition coefficient (Wildman–Crippen LogP) is 1.47. The minimum Gasteiger partial charge on any atom is -0.464 e. The Morgan fingerprint density at radius 1 is 1.35 bits per heavy atom. The second-order valence-corrected chi connectivity index (χ2v) is 3.90. The van der Waals surface area contributed by atoms with Crippen LogP contribution >= 0.6 is 0 Å². The molecule has 2 heterocycles. The van der Waals surface area contributed by atoms with E-state index in [1.54, 1.807) is 6.20 Å². The van der Waals surface area contributed by atoms with Gasteiger partial charge in [0.2, 0.25) is 0 Å². The Morgan fingerprint density at radius 2 is 2.18 bits per heavy atom. The molecular formula is C12H16N4O. The van der Waals surface area contributed by atoms with Crippen LogP contribution in [0.4, 0.5) is 5.82 Å². The van der Waals surface area contributed by atoms with E-state index in [2.05, 4.69) is 9.97 Å². The highest BCUT2D eigenvalue weighted by Gasteiger charge is 2.07. The first-order valence-electron chi connectivity index (χ1n) is 5.47. The van der Waals surface area contributed by atoms with Crippen molar-refractivity contribution in [2.24, 2.45) is 5.73 Å². The maximum Gasteiger partial charge on any atom is 0.144 e. The van der Waals surface area contributed by atoms with Crippen LogP contribution in [0.5, 0.6) is 0 Å². The Morgan fingerprint density at radius 3 is 2.82 bits per heavy atom. The van der Waals surface area contributed by atoms with Crippen molar-refractivity contribution < 1.29 is 4.42 Å². The van der Waals surface area contributed by atoms with Gasteiger partial charge in [0.15, 0.2) is 0 Å². The molecule has 0 spiro atoms. The summed E-state index contributed by atoms with van der Waals surface area (Å²) in [5.41, 5.74) is 5.51. The van der Waals surface area contributed by atoms with E-state index in [0.29, 0.717) is 18.9 Å². The molecule has 5 heteroatoms. The maximum atomic E-state index is 5.52. The van der Waals surface area contributed by atoms with E-state index in [1.807, 2.05) is 37.1 Å². The smallest absolute Gasteiger partial charge is 0.144 e. The molecule has 0 fully saturated rings. The average Bonchev–Trinajstić information content (AvgIpc) is 2.75. The summed E-state index contributed by atoms with van der Waals surface area (Å²) >= 11 is 0. The molecule has 2 aromatic rings. The molecule has 0 bridgehead atoms. The van der Waals surface area contributed by atoms with Gasteiger partial charge in [0.1, 0.15) is 23.2 Å². The number of hydrogen-bond donors (Lipinski definition) is 1. The van der Waals surface area contributed by atoms with Gasteiger partial charge >= 0.3 is 0 Å². The number of anilines is 1. The third-order valence-electron chi connectivity index (χ3n) is 2.45. The van der Waals surface area contributed by atoms with Crippen LogP contribution in [-0.4, -0.2) is 17.0 Å². The lowest BCUT2D eigenvalue weighted by molar-refractivity contribution is 0.481. The summed E-state index contributed by atoms with van der Waals surface area (Å²) < 4.78 is 5.52. The molecule has 2 N–H and O–H groups in total. The van der Waals surface area contributed by atoms with Gasteiger partial charge in [-0.3, -0.25) is 0 Å². The fourth-order valence-electron chi connectivity index (χ4n) is 1.58. The average molecular weight is 232 g/mol. The molecule has 0 radical (unpaired) electrons. The molecule has 17 heavy (non-hydrogen) atoms. The van der Waals surface area contributed by atoms with Gasteiger partial charge in [0.05, 0.1) is 13.1 Å². The molecule has 0 aliphatic carbocycles. The quantitative estimate of drug-likeness (QED) is 0.864. The van der Waals surface area contributed by atoms with Crippen LogP contribution < -0.4 is 10.6 Å². The molecule has 0 aliphatic heterocycles. The lowest BCUT2D eigenvalue weighted by atomic mass is 10.4. The molecule has 2 rings (SSSR count). The zero-order chi connectivity index (χ0) is 12.3. The van der Waals surface area contributed by atoms with Crippen LogP contribution in [0.25, 0.3) is 0 Å². The Kier molecular flexibility index (Phi) is 3.39. The minimum absolute atomic E-state index is 0.349. The largest absolute Gasteiger partial charge is 0.464 e. The van der Waals surface area contributed by atoms with Crippen LogP contribution in [0.3, 0.4) is 0 Å². The number of nitrogens with zero attached hydrogens (tertiary/aromatic N) is 3. The molecule has 0 atom stereocenters. The molecule has 2 aromatic heterocycles. The van der Waals surface area contributed by atoms with Crippen molar-refractivity contribution in [3.05, 3.63) is 41.7 Å². The van der Waals surface area contributed by atoms with Gasteiger partial charge in [-0.15, -0.1) is 0 Å². The maximum absolute atomic E-state index is 5.52. The van der Waals surface area contributed by atoms with E-state index in [-0.39, 0.29) is 0 Å². The van der Waals surface area contributed by atoms with Crippen molar-refractivity contribution in [3.63, 3.8) is 0 Å².